The van der Waals surface area contributed by atoms with E-state index >= 15 is 0 Å². The van der Waals surface area contributed by atoms with Crippen LogP contribution in [0.5, 0.6) is 0 Å². The fourth-order valence-corrected chi connectivity index (χ4v) is 1.37. The first-order chi connectivity index (χ1) is 7.27. The van der Waals surface area contributed by atoms with Crippen molar-refractivity contribution in [1.29, 1.82) is 0 Å². The lowest BCUT2D eigenvalue weighted by Gasteiger charge is -2.19. The van der Waals surface area contributed by atoms with E-state index in [1.54, 1.807) is 30.5 Å². The van der Waals surface area contributed by atoms with Gasteiger partial charge in [0.1, 0.15) is 0 Å². The molecule has 0 aromatic heterocycles. The summed E-state index contributed by atoms with van der Waals surface area (Å²) in [7, 11) is 1.80. The van der Waals surface area contributed by atoms with E-state index in [0.29, 0.717) is 11.5 Å². The largest absolute Gasteiger partial charge is 0.396 e. The number of rotatable bonds is 0. The smallest absolute Gasteiger partial charge is 0.182 e. The van der Waals surface area contributed by atoms with Gasteiger partial charge in [0.25, 0.3) is 0 Å². The van der Waals surface area contributed by atoms with Crippen molar-refractivity contribution in [3.8, 4) is 0 Å². The van der Waals surface area contributed by atoms with Crippen LogP contribution in [-0.2, 0) is 4.84 Å². The molecular formula is C12H12N2O. The minimum Gasteiger partial charge on any atom is -0.396 e. The minimum absolute atomic E-state index is 0.613. The Morgan fingerprint density at radius 3 is 3.20 bits per heavy atom. The number of nitrogens with zero attached hydrogens (tertiary/aromatic N) is 1. The molecule has 3 nitrogen and oxygen atoms in total. The maximum Gasteiger partial charge on any atom is 0.182 e. The summed E-state index contributed by atoms with van der Waals surface area (Å²) >= 11 is 0. The van der Waals surface area contributed by atoms with Gasteiger partial charge in [-0.05, 0) is 24.3 Å². The van der Waals surface area contributed by atoms with Crippen molar-refractivity contribution in [2.75, 3.05) is 7.05 Å². The van der Waals surface area contributed by atoms with Crippen LogP contribution in [0.3, 0.4) is 0 Å². The highest BCUT2D eigenvalue weighted by Crippen LogP contribution is 2.21. The third kappa shape index (κ3) is 2.05. The van der Waals surface area contributed by atoms with Crippen LogP contribution >= 0.6 is 0 Å². The summed E-state index contributed by atoms with van der Waals surface area (Å²) < 4.78 is 0. The van der Waals surface area contributed by atoms with Gasteiger partial charge in [0.2, 0.25) is 0 Å². The van der Waals surface area contributed by atoms with Crippen molar-refractivity contribution in [1.82, 2.24) is 5.06 Å². The lowest BCUT2D eigenvalue weighted by atomic mass is 10.1. The number of nitrogens with two attached hydrogens (primary N) is 1. The van der Waals surface area contributed by atoms with Crippen LogP contribution in [0.15, 0.2) is 59.0 Å². The summed E-state index contributed by atoms with van der Waals surface area (Å²) in [6, 6.07) is 0. The second-order valence-electron chi connectivity index (χ2n) is 3.30. The van der Waals surface area contributed by atoms with Crippen LogP contribution in [-0.4, -0.2) is 12.1 Å². The molecule has 0 amide bonds. The molecule has 2 aliphatic rings. The van der Waals surface area contributed by atoms with Crippen LogP contribution in [0.25, 0.3) is 0 Å². The highest BCUT2D eigenvalue weighted by Gasteiger charge is 2.12. The summed E-state index contributed by atoms with van der Waals surface area (Å²) in [6.45, 7) is 0. The molecule has 1 aliphatic heterocycles. The first-order valence-electron chi connectivity index (χ1n) is 4.71. The second-order valence-corrected chi connectivity index (χ2v) is 3.30. The maximum absolute atomic E-state index is 5.88. The zero-order valence-corrected chi connectivity index (χ0v) is 8.53. The fraction of sp³-hybridized carbons (Fsp3) is 0.167. The summed E-state index contributed by atoms with van der Waals surface area (Å²) in [6.07, 6.45) is 9.84. The molecule has 3 heteroatoms. The Labute approximate surface area is 88.8 Å². The molecule has 0 saturated carbocycles. The topological polar surface area (TPSA) is 38.5 Å². The van der Waals surface area contributed by atoms with Gasteiger partial charge in [0.05, 0.1) is 11.9 Å². The Morgan fingerprint density at radius 2 is 2.33 bits per heavy atom. The van der Waals surface area contributed by atoms with Gasteiger partial charge in [0, 0.05) is 19.0 Å². The average Bonchev–Trinajstić information content (AvgIpc) is 2.35. The SMILES string of the molecule is CN1C=C=CCC2=C(O1)C(N)=CC=C=C2. The maximum atomic E-state index is 5.88. The van der Waals surface area contributed by atoms with Crippen molar-refractivity contribution in [2.45, 2.75) is 6.42 Å². The van der Waals surface area contributed by atoms with Crippen LogP contribution < -0.4 is 5.73 Å². The summed E-state index contributed by atoms with van der Waals surface area (Å²) in [5.41, 5.74) is 13.5. The minimum atomic E-state index is 0.613. The van der Waals surface area contributed by atoms with E-state index in [2.05, 4.69) is 11.5 Å². The zero-order valence-electron chi connectivity index (χ0n) is 8.53. The van der Waals surface area contributed by atoms with Crippen LogP contribution in [0.2, 0.25) is 0 Å². The van der Waals surface area contributed by atoms with E-state index in [4.69, 9.17) is 10.6 Å². The van der Waals surface area contributed by atoms with Crippen LogP contribution in [0.1, 0.15) is 6.42 Å². The predicted octanol–water partition coefficient (Wildman–Crippen LogP) is 1.74. The molecule has 76 valence electrons. The summed E-state index contributed by atoms with van der Waals surface area (Å²) in [5.74, 6) is 0.688. The molecule has 0 unspecified atom stereocenters. The first-order valence-corrected chi connectivity index (χ1v) is 4.71. The molecule has 0 spiro atoms. The van der Waals surface area contributed by atoms with E-state index in [0.717, 1.165) is 12.0 Å². The Balaban J connectivity index is 2.46. The Hall–Kier alpha value is -2.08. The number of hydrogen-bond acceptors (Lipinski definition) is 3. The van der Waals surface area contributed by atoms with Gasteiger partial charge in [-0.15, -0.1) is 11.5 Å². The van der Waals surface area contributed by atoms with Gasteiger partial charge >= 0.3 is 0 Å². The van der Waals surface area contributed by atoms with Crippen molar-refractivity contribution in [3.05, 3.63) is 59.0 Å². The molecule has 0 radical (unpaired) electrons. The molecule has 2 N–H and O–H groups in total. The first kappa shape index (κ1) is 9.47. The molecule has 15 heavy (non-hydrogen) atoms. The van der Waals surface area contributed by atoms with Gasteiger partial charge in [-0.2, -0.15) is 0 Å². The Morgan fingerprint density at radius 1 is 1.47 bits per heavy atom. The predicted molar refractivity (Wildman–Crippen MR) is 58.1 cm³/mol. The highest BCUT2D eigenvalue weighted by molar-refractivity contribution is 5.40. The molecule has 0 bridgehead atoms. The van der Waals surface area contributed by atoms with Crippen molar-refractivity contribution in [2.24, 2.45) is 5.73 Å². The quantitative estimate of drug-likeness (QED) is 0.605. The lowest BCUT2D eigenvalue weighted by Crippen LogP contribution is -2.17. The van der Waals surface area contributed by atoms with Crippen LogP contribution in [0, 0.1) is 0 Å². The molecule has 1 aliphatic carbocycles. The van der Waals surface area contributed by atoms with E-state index in [1.165, 1.54) is 0 Å². The van der Waals surface area contributed by atoms with E-state index in [1.807, 2.05) is 12.2 Å². The second kappa shape index (κ2) is 3.97. The fourth-order valence-electron chi connectivity index (χ4n) is 1.37. The number of hydroxylamine groups is 2. The van der Waals surface area contributed by atoms with Gasteiger partial charge in [0.15, 0.2) is 5.76 Å². The van der Waals surface area contributed by atoms with Gasteiger partial charge in [-0.3, -0.25) is 0 Å². The van der Waals surface area contributed by atoms with Crippen molar-refractivity contribution in [3.63, 3.8) is 0 Å². The third-order valence-corrected chi connectivity index (χ3v) is 2.10. The molecule has 0 aromatic rings. The summed E-state index contributed by atoms with van der Waals surface area (Å²) in [4.78, 5) is 5.58. The van der Waals surface area contributed by atoms with Crippen molar-refractivity contribution < 1.29 is 4.84 Å². The molecule has 2 rings (SSSR count). The van der Waals surface area contributed by atoms with Crippen molar-refractivity contribution >= 4 is 0 Å². The summed E-state index contributed by atoms with van der Waals surface area (Å²) in [5, 5.41) is 1.57. The van der Waals surface area contributed by atoms with E-state index in [9.17, 15) is 0 Å². The monoisotopic (exact) mass is 200 g/mol. The number of hydrogen-bond donors (Lipinski definition) is 1. The molecule has 1 heterocycles. The Kier molecular flexibility index (Phi) is 2.51. The number of allylic oxidation sites excluding steroid dienone is 4. The highest BCUT2D eigenvalue weighted by atomic mass is 16.7. The zero-order chi connectivity index (χ0) is 10.7. The Bertz CT molecular complexity index is 456. The van der Waals surface area contributed by atoms with E-state index in [-0.39, 0.29) is 0 Å². The molecule has 0 aromatic carbocycles. The average molecular weight is 200 g/mol. The third-order valence-electron chi connectivity index (χ3n) is 2.10. The molecule has 0 saturated heterocycles. The molecule has 0 fully saturated rings. The van der Waals surface area contributed by atoms with Gasteiger partial charge in [-0.1, -0.05) is 0 Å². The van der Waals surface area contributed by atoms with Gasteiger partial charge in [-0.25, -0.2) is 5.06 Å². The normalized spacial score (nSPS) is 19.0. The van der Waals surface area contributed by atoms with Crippen LogP contribution in [0.4, 0.5) is 0 Å². The molecular weight excluding hydrogens is 188 g/mol. The van der Waals surface area contributed by atoms with E-state index < -0.39 is 0 Å². The lowest BCUT2D eigenvalue weighted by molar-refractivity contribution is -0.0493. The molecule has 0 atom stereocenters. The van der Waals surface area contributed by atoms with Gasteiger partial charge < -0.3 is 10.6 Å². The standard InChI is InChI=1S/C12H12N2O/c1-14-9-5-4-7-10-6-2-3-8-11(13)12(10)15-14/h3-4,6,8-9H,7,13H2,1H3.